The van der Waals surface area contributed by atoms with Crippen LogP contribution in [0.1, 0.15) is 16.1 Å². The summed E-state index contributed by atoms with van der Waals surface area (Å²) < 4.78 is 40.0. The van der Waals surface area contributed by atoms with Crippen LogP contribution < -0.4 is 39.7 Å². The Morgan fingerprint density at radius 3 is 2.04 bits per heavy atom. The topological polar surface area (TPSA) is 143 Å². The molecule has 2 heterocycles. The maximum absolute atomic E-state index is 14.3. The predicted octanol–water partition coefficient (Wildman–Crippen LogP) is 5.04. The highest BCUT2D eigenvalue weighted by molar-refractivity contribution is 6.06. The van der Waals surface area contributed by atoms with Gasteiger partial charge in [0.25, 0.3) is 5.56 Å². The van der Waals surface area contributed by atoms with Crippen LogP contribution in [0.15, 0.2) is 71.5 Å². The molecular formula is C34H33N3O9. The average molecular weight is 628 g/mol. The number of nitrogen functional groups attached to an aromatic ring is 1. The minimum atomic E-state index is -0.759. The second-order valence-corrected chi connectivity index (χ2v) is 9.87. The molecule has 0 saturated heterocycles. The molecule has 0 radical (unpaired) electrons. The molecule has 0 fully saturated rings. The van der Waals surface area contributed by atoms with Crippen LogP contribution in [-0.4, -0.2) is 58.2 Å². The van der Waals surface area contributed by atoms with Gasteiger partial charge in [-0.05, 0) is 66.2 Å². The molecule has 0 aliphatic rings. The molecule has 3 aromatic carbocycles. The summed E-state index contributed by atoms with van der Waals surface area (Å²) in [5.41, 5.74) is 7.71. The van der Waals surface area contributed by atoms with E-state index < -0.39 is 11.5 Å². The number of hydrogen-bond acceptors (Lipinski definition) is 11. The maximum Gasteiger partial charge on any atom is 0.355 e. The van der Waals surface area contributed by atoms with Gasteiger partial charge in [-0.1, -0.05) is 0 Å². The van der Waals surface area contributed by atoms with E-state index in [1.165, 1.54) is 33.0 Å². The Balaban J connectivity index is 1.80. The monoisotopic (exact) mass is 627 g/mol. The van der Waals surface area contributed by atoms with Crippen molar-refractivity contribution >= 4 is 22.6 Å². The van der Waals surface area contributed by atoms with E-state index in [4.69, 9.17) is 38.9 Å². The second kappa shape index (κ2) is 13.4. The summed E-state index contributed by atoms with van der Waals surface area (Å²) in [5.74, 6) is 1.66. The van der Waals surface area contributed by atoms with Crippen LogP contribution in [0.4, 0.5) is 5.69 Å². The van der Waals surface area contributed by atoms with Crippen molar-refractivity contribution < 1.29 is 38.0 Å². The minimum absolute atomic E-state index is 0.0309. The van der Waals surface area contributed by atoms with Gasteiger partial charge in [0.1, 0.15) is 29.3 Å². The van der Waals surface area contributed by atoms with Crippen LogP contribution in [-0.2, 0) is 11.3 Å². The summed E-state index contributed by atoms with van der Waals surface area (Å²) in [6, 6.07) is 18.5. The van der Waals surface area contributed by atoms with E-state index in [-0.39, 0.29) is 23.7 Å². The molecule has 2 N–H and O–H groups in total. The van der Waals surface area contributed by atoms with Gasteiger partial charge in [-0.2, -0.15) is 0 Å². The molecule has 0 aliphatic heterocycles. The Kier molecular flexibility index (Phi) is 9.17. The normalized spacial score (nSPS) is 10.7. The quantitative estimate of drug-likeness (QED) is 0.155. The number of carbonyl (C=O) groups is 1. The van der Waals surface area contributed by atoms with Gasteiger partial charge in [0.15, 0.2) is 11.5 Å². The second-order valence-electron chi connectivity index (χ2n) is 9.87. The number of fused-ring (bicyclic) bond motifs is 1. The van der Waals surface area contributed by atoms with Crippen LogP contribution in [0.3, 0.4) is 0 Å². The lowest BCUT2D eigenvalue weighted by Gasteiger charge is -2.20. The third-order valence-electron chi connectivity index (χ3n) is 7.35. The minimum Gasteiger partial charge on any atom is -0.497 e. The van der Waals surface area contributed by atoms with Crippen molar-refractivity contribution in [3.05, 3.63) is 88.3 Å². The lowest BCUT2D eigenvalue weighted by Crippen LogP contribution is -2.27. The molecule has 5 rings (SSSR count). The van der Waals surface area contributed by atoms with E-state index in [0.717, 1.165) is 0 Å². The van der Waals surface area contributed by atoms with Gasteiger partial charge in [0.2, 0.25) is 11.6 Å². The van der Waals surface area contributed by atoms with Crippen LogP contribution >= 0.6 is 0 Å². The van der Waals surface area contributed by atoms with Crippen LogP contribution in [0.5, 0.6) is 34.6 Å². The number of nitrogens with zero attached hydrogens (tertiary/aromatic N) is 2. The fourth-order valence-electron chi connectivity index (χ4n) is 5.16. The number of rotatable bonds is 11. The van der Waals surface area contributed by atoms with E-state index in [0.29, 0.717) is 62.2 Å². The van der Waals surface area contributed by atoms with Crippen molar-refractivity contribution in [2.45, 2.75) is 6.61 Å². The van der Waals surface area contributed by atoms with Gasteiger partial charge in [0.05, 0.1) is 42.7 Å². The van der Waals surface area contributed by atoms with Gasteiger partial charge in [-0.25, -0.2) is 9.78 Å². The van der Waals surface area contributed by atoms with E-state index in [1.54, 1.807) is 80.9 Å². The van der Waals surface area contributed by atoms with Crippen molar-refractivity contribution in [2.24, 2.45) is 0 Å². The maximum atomic E-state index is 14.3. The number of hydrogen-bond donors (Lipinski definition) is 1. The number of methoxy groups -OCH3 is 6. The number of ether oxygens (including phenoxy) is 7. The van der Waals surface area contributed by atoms with E-state index in [2.05, 4.69) is 4.98 Å². The van der Waals surface area contributed by atoms with Gasteiger partial charge in [0, 0.05) is 34.0 Å². The molecule has 12 nitrogen and oxygen atoms in total. The Morgan fingerprint density at radius 2 is 1.46 bits per heavy atom. The van der Waals surface area contributed by atoms with Crippen molar-refractivity contribution in [3.63, 3.8) is 0 Å². The molecule has 0 unspecified atom stereocenters. The number of carbonyl (C=O) groups excluding carboxylic acids is 1. The van der Waals surface area contributed by atoms with Crippen LogP contribution in [0, 0.1) is 0 Å². The van der Waals surface area contributed by atoms with E-state index >= 15 is 0 Å². The third-order valence-corrected chi connectivity index (χ3v) is 7.35. The first-order valence-electron chi connectivity index (χ1n) is 14.0. The largest absolute Gasteiger partial charge is 0.497 e. The first-order valence-corrected chi connectivity index (χ1v) is 14.0. The number of pyridine rings is 2. The Bertz CT molecular complexity index is 1950. The summed E-state index contributed by atoms with van der Waals surface area (Å²) in [4.78, 5) is 32.5. The smallest absolute Gasteiger partial charge is 0.355 e. The Morgan fingerprint density at radius 1 is 0.783 bits per heavy atom. The summed E-state index contributed by atoms with van der Waals surface area (Å²) in [6.07, 6.45) is 0. The molecule has 0 bridgehead atoms. The number of esters is 1. The Hall–Kier alpha value is -5.91. The molecule has 238 valence electrons. The SMILES string of the molecule is COC(=O)c1c(-c2cc(OC)c(OC)c(OC)c2)c2ccc(OCc3cc(OC)ccc3OC)nc2c(=O)n1-c1ccc(N)cc1. The molecule has 0 amide bonds. The third kappa shape index (κ3) is 5.80. The zero-order chi connectivity index (χ0) is 33.0. The zero-order valence-corrected chi connectivity index (χ0v) is 26.2. The lowest BCUT2D eigenvalue weighted by molar-refractivity contribution is 0.0591. The first kappa shape index (κ1) is 31.5. The fourth-order valence-corrected chi connectivity index (χ4v) is 5.16. The molecule has 0 saturated carbocycles. The molecule has 12 heteroatoms. The highest BCUT2D eigenvalue weighted by atomic mass is 16.5. The Labute approximate surface area is 264 Å². The fraction of sp³-hybridized carbons (Fsp3) is 0.206. The van der Waals surface area contributed by atoms with Gasteiger partial charge < -0.3 is 38.9 Å². The summed E-state index contributed by atoms with van der Waals surface area (Å²) in [6.45, 7) is 0.0744. The van der Waals surface area contributed by atoms with Crippen molar-refractivity contribution in [2.75, 3.05) is 48.4 Å². The number of aromatic nitrogens is 2. The van der Waals surface area contributed by atoms with Crippen LogP contribution in [0.2, 0.25) is 0 Å². The molecule has 5 aromatic rings. The van der Waals surface area contributed by atoms with Crippen molar-refractivity contribution in [1.82, 2.24) is 9.55 Å². The molecule has 46 heavy (non-hydrogen) atoms. The van der Waals surface area contributed by atoms with Gasteiger partial charge in [-0.3, -0.25) is 9.36 Å². The van der Waals surface area contributed by atoms with E-state index in [9.17, 15) is 9.59 Å². The van der Waals surface area contributed by atoms with Gasteiger partial charge in [-0.15, -0.1) is 0 Å². The molecule has 2 aromatic heterocycles. The van der Waals surface area contributed by atoms with Crippen LogP contribution in [0.25, 0.3) is 27.7 Å². The molecule has 0 aliphatic carbocycles. The van der Waals surface area contributed by atoms with Crippen molar-refractivity contribution in [1.29, 1.82) is 0 Å². The van der Waals surface area contributed by atoms with Gasteiger partial charge >= 0.3 is 5.97 Å². The first-order chi connectivity index (χ1) is 22.3. The molecule has 0 spiro atoms. The number of anilines is 1. The van der Waals surface area contributed by atoms with Crippen molar-refractivity contribution in [3.8, 4) is 51.4 Å². The predicted molar refractivity (Wildman–Crippen MR) is 172 cm³/mol. The zero-order valence-electron chi connectivity index (χ0n) is 26.2. The highest BCUT2D eigenvalue weighted by Gasteiger charge is 2.28. The molecule has 0 atom stereocenters. The lowest BCUT2D eigenvalue weighted by atomic mass is 9.97. The number of nitrogens with two attached hydrogens (primary N) is 1. The molecular weight excluding hydrogens is 594 g/mol. The number of benzene rings is 3. The summed E-state index contributed by atoms with van der Waals surface area (Å²) >= 11 is 0. The standard InChI is InChI=1S/C34H33N3O9/c1-40-23-11-13-25(41-2)20(15-23)18-46-28-14-12-24-29(19-16-26(42-3)32(44-5)27(17-19)43-4)31(34(39)45-6)37(33(38)30(24)36-28)22-9-7-21(35)8-10-22/h7-17H,18,35H2,1-6H3. The summed E-state index contributed by atoms with van der Waals surface area (Å²) in [7, 11) is 8.82. The highest BCUT2D eigenvalue weighted by Crippen LogP contribution is 2.43. The van der Waals surface area contributed by atoms with E-state index in [1.807, 2.05) is 0 Å². The summed E-state index contributed by atoms with van der Waals surface area (Å²) in [5, 5.41) is 0.359. The average Bonchev–Trinajstić information content (AvgIpc) is 3.09.